The van der Waals surface area contributed by atoms with Crippen LogP contribution < -0.4 is 0 Å². The summed E-state index contributed by atoms with van der Waals surface area (Å²) in [5.74, 6) is 0. The molecule has 4 fully saturated rings. The minimum atomic E-state index is -2.02. The predicted molar refractivity (Wildman–Crippen MR) is 134 cm³/mol. The highest BCUT2D eigenvalue weighted by Gasteiger charge is 2.55. The van der Waals surface area contributed by atoms with Crippen LogP contribution in [0.2, 0.25) is 0 Å². The molecule has 20 atom stereocenters. The van der Waals surface area contributed by atoms with Crippen LogP contribution in [-0.4, -0.2) is 221 Å². The lowest BCUT2D eigenvalue weighted by Crippen LogP contribution is -2.67. The van der Waals surface area contributed by atoms with Crippen LogP contribution in [0, 0.1) is 0 Å². The molecule has 4 rings (SSSR count). The second-order valence-electron chi connectivity index (χ2n) is 11.1. The van der Waals surface area contributed by atoms with Crippen LogP contribution in [0.5, 0.6) is 0 Å². The highest BCUT2D eigenvalue weighted by molar-refractivity contribution is 4.97. The summed E-state index contributed by atoms with van der Waals surface area (Å²) in [4.78, 5) is 0. The molecule has 1 unspecified atom stereocenters. The maximum atomic E-state index is 10.9. The average molecular weight is 667 g/mol. The van der Waals surface area contributed by atoms with Crippen LogP contribution in [0.3, 0.4) is 0 Å². The molecule has 4 saturated heterocycles. The molecule has 21 nitrogen and oxygen atoms in total. The molecule has 0 aromatic carbocycles. The van der Waals surface area contributed by atoms with Gasteiger partial charge in [-0.15, -0.1) is 0 Å². The van der Waals surface area contributed by atoms with E-state index in [9.17, 15) is 71.5 Å². The summed E-state index contributed by atoms with van der Waals surface area (Å²) in [6.45, 7) is -3.39. The van der Waals surface area contributed by atoms with Crippen molar-refractivity contribution in [2.75, 3.05) is 26.4 Å². The lowest BCUT2D eigenvalue weighted by molar-refractivity contribution is -0.387. The number of ether oxygens (including phenoxy) is 7. The molecule has 4 aliphatic heterocycles. The third-order valence-corrected chi connectivity index (χ3v) is 8.20. The van der Waals surface area contributed by atoms with Gasteiger partial charge in [0.1, 0.15) is 97.7 Å². The van der Waals surface area contributed by atoms with E-state index in [0.717, 1.165) is 0 Å². The van der Waals surface area contributed by atoms with E-state index in [2.05, 4.69) is 0 Å². The Morgan fingerprint density at radius 1 is 0.333 bits per heavy atom. The van der Waals surface area contributed by atoms with Gasteiger partial charge < -0.3 is 105 Å². The van der Waals surface area contributed by atoms with E-state index in [0.29, 0.717) is 0 Å². The third kappa shape index (κ3) is 7.44. The first-order valence-electron chi connectivity index (χ1n) is 14.1. The third-order valence-electron chi connectivity index (χ3n) is 8.20. The van der Waals surface area contributed by atoms with Crippen LogP contribution >= 0.6 is 0 Å². The molecular formula is C24H42O21. The van der Waals surface area contributed by atoms with Gasteiger partial charge in [0.25, 0.3) is 0 Å². The fourth-order valence-electron chi connectivity index (χ4n) is 5.55. The summed E-state index contributed by atoms with van der Waals surface area (Å²) in [6, 6.07) is 0. The molecular weight excluding hydrogens is 624 g/mol. The van der Waals surface area contributed by atoms with Gasteiger partial charge in [0.15, 0.2) is 25.2 Å². The van der Waals surface area contributed by atoms with Crippen molar-refractivity contribution in [3.05, 3.63) is 0 Å². The van der Waals surface area contributed by atoms with Crippen molar-refractivity contribution in [3.8, 4) is 0 Å². The van der Waals surface area contributed by atoms with Crippen molar-refractivity contribution in [1.82, 2.24) is 0 Å². The highest BCUT2D eigenvalue weighted by atomic mass is 16.8. The number of rotatable bonds is 10. The van der Waals surface area contributed by atoms with Gasteiger partial charge in [-0.3, -0.25) is 0 Å². The highest BCUT2D eigenvalue weighted by Crippen LogP contribution is 2.34. The van der Waals surface area contributed by atoms with Gasteiger partial charge in [-0.2, -0.15) is 0 Å². The minimum Gasteiger partial charge on any atom is -0.394 e. The Hall–Kier alpha value is -0.840. The molecule has 0 aromatic heterocycles. The Kier molecular flexibility index (Phi) is 12.8. The number of hydrogen-bond acceptors (Lipinski definition) is 21. The summed E-state index contributed by atoms with van der Waals surface area (Å²) >= 11 is 0. The van der Waals surface area contributed by atoms with E-state index in [-0.39, 0.29) is 0 Å². The summed E-state index contributed by atoms with van der Waals surface area (Å²) in [5.41, 5.74) is 0. The molecule has 0 spiro atoms. The molecule has 14 N–H and O–H groups in total. The van der Waals surface area contributed by atoms with Crippen molar-refractivity contribution in [3.63, 3.8) is 0 Å². The van der Waals surface area contributed by atoms with Crippen LogP contribution in [0.1, 0.15) is 0 Å². The maximum absolute atomic E-state index is 10.9. The largest absolute Gasteiger partial charge is 0.394 e. The van der Waals surface area contributed by atoms with Crippen molar-refractivity contribution in [1.29, 1.82) is 0 Å². The van der Waals surface area contributed by atoms with Gasteiger partial charge >= 0.3 is 0 Å². The van der Waals surface area contributed by atoms with Crippen molar-refractivity contribution >= 4 is 0 Å². The molecule has 0 bridgehead atoms. The second kappa shape index (κ2) is 15.6. The zero-order valence-electron chi connectivity index (χ0n) is 23.5. The Balaban J connectivity index is 1.43. The Bertz CT molecular complexity index is 910. The SMILES string of the molecule is OC[C@H]1O[C@@H](O[C@@H]2[C@H](O)[C@@H](O)[C@H](O[C@@H]3[C@H](O)[C@@H](O)[C@H](O[C@H]4[C@H](O)[C@H](O)C(O)O[C@@H]4CO)O[C@@H]3CO)O[C@@H]2CO)[C@@H](O)[C@@H](O)[C@@H]1O. The summed E-state index contributed by atoms with van der Waals surface area (Å²) in [7, 11) is 0. The molecule has 21 heteroatoms. The van der Waals surface area contributed by atoms with E-state index >= 15 is 0 Å². The molecule has 0 amide bonds. The van der Waals surface area contributed by atoms with Crippen LogP contribution in [0.15, 0.2) is 0 Å². The molecule has 0 aromatic rings. The van der Waals surface area contributed by atoms with E-state index in [4.69, 9.17) is 33.2 Å². The smallest absolute Gasteiger partial charge is 0.187 e. The predicted octanol–water partition coefficient (Wildman–Crippen LogP) is -9.75. The quantitative estimate of drug-likeness (QED) is 0.103. The first kappa shape index (κ1) is 37.0. The van der Waals surface area contributed by atoms with Crippen LogP contribution in [-0.2, 0) is 33.2 Å². The molecule has 0 saturated carbocycles. The zero-order chi connectivity index (χ0) is 33.3. The molecule has 0 radical (unpaired) electrons. The number of hydrogen-bond donors (Lipinski definition) is 14. The Morgan fingerprint density at radius 2 is 0.644 bits per heavy atom. The summed E-state index contributed by atoms with van der Waals surface area (Å²) in [5, 5.41) is 142. The second-order valence-corrected chi connectivity index (χ2v) is 11.1. The van der Waals surface area contributed by atoms with E-state index < -0.39 is 149 Å². The first-order chi connectivity index (χ1) is 21.3. The lowest BCUT2D eigenvalue weighted by atomic mass is 9.95. The fourth-order valence-corrected chi connectivity index (χ4v) is 5.55. The molecule has 4 aliphatic rings. The Morgan fingerprint density at radius 3 is 1.02 bits per heavy atom. The summed E-state index contributed by atoms with van der Waals surface area (Å²) in [6.07, 6.45) is -35.3. The van der Waals surface area contributed by atoms with Crippen LogP contribution in [0.4, 0.5) is 0 Å². The topological polar surface area (TPSA) is 348 Å². The van der Waals surface area contributed by atoms with Gasteiger partial charge in [0.05, 0.1) is 26.4 Å². The fraction of sp³-hybridized carbons (Fsp3) is 1.00. The van der Waals surface area contributed by atoms with Gasteiger partial charge in [-0.1, -0.05) is 0 Å². The zero-order valence-corrected chi connectivity index (χ0v) is 23.5. The molecule has 4 heterocycles. The number of aliphatic hydroxyl groups is 14. The molecule has 45 heavy (non-hydrogen) atoms. The number of aliphatic hydroxyl groups excluding tert-OH is 14. The standard InChI is InChI=1S/C24H42O21/c25-1-5-9(29)10(30)15(35)22(40-5)44-19-7(3-27)42-24(17(37)12(19)32)45-20-8(4-28)41-23(16(36)13(20)33)43-18-6(2-26)39-21(38)14(34)11(18)31/h5-38H,1-4H2/t5-,6-,7-,8-,9-,10+,11-,12-,13-,14+,15+,16-,17-,18-,19+,20+,21?,22+,23+,24+/m1/s1. The monoisotopic (exact) mass is 666 g/mol. The molecule has 264 valence electrons. The van der Waals surface area contributed by atoms with E-state index in [1.807, 2.05) is 0 Å². The molecule has 0 aliphatic carbocycles. The lowest BCUT2D eigenvalue weighted by Gasteiger charge is -2.49. The van der Waals surface area contributed by atoms with Gasteiger partial charge in [-0.05, 0) is 0 Å². The summed E-state index contributed by atoms with van der Waals surface area (Å²) < 4.78 is 37.7. The van der Waals surface area contributed by atoms with Crippen LogP contribution in [0.25, 0.3) is 0 Å². The van der Waals surface area contributed by atoms with Gasteiger partial charge in [-0.25, -0.2) is 0 Å². The van der Waals surface area contributed by atoms with Crippen molar-refractivity contribution in [2.24, 2.45) is 0 Å². The Labute approximate surface area is 254 Å². The van der Waals surface area contributed by atoms with Gasteiger partial charge in [0, 0.05) is 0 Å². The van der Waals surface area contributed by atoms with Crippen molar-refractivity contribution < 1.29 is 105 Å². The van der Waals surface area contributed by atoms with Gasteiger partial charge in [0.2, 0.25) is 0 Å². The first-order valence-corrected chi connectivity index (χ1v) is 14.1. The normalized spacial score (nSPS) is 52.9. The maximum Gasteiger partial charge on any atom is 0.187 e. The van der Waals surface area contributed by atoms with E-state index in [1.165, 1.54) is 0 Å². The average Bonchev–Trinajstić information content (AvgIpc) is 3.03. The minimum absolute atomic E-state index is 0.784. The van der Waals surface area contributed by atoms with E-state index in [1.54, 1.807) is 0 Å². The van der Waals surface area contributed by atoms with Crippen molar-refractivity contribution in [2.45, 2.75) is 123 Å².